The number of hydrogen-bond acceptors (Lipinski definition) is 4. The van der Waals surface area contributed by atoms with Crippen LogP contribution in [0.2, 0.25) is 0 Å². The molecule has 92 valence electrons. The van der Waals surface area contributed by atoms with Gasteiger partial charge in [-0.1, -0.05) is 19.6 Å². The van der Waals surface area contributed by atoms with Gasteiger partial charge in [-0.3, -0.25) is 9.89 Å². The summed E-state index contributed by atoms with van der Waals surface area (Å²) in [5.41, 5.74) is 0.781. The van der Waals surface area contributed by atoms with Crippen molar-refractivity contribution in [2.45, 2.75) is 6.92 Å². The summed E-state index contributed by atoms with van der Waals surface area (Å²) in [6.45, 7) is 8.83. The van der Waals surface area contributed by atoms with E-state index in [1.54, 1.807) is 20.2 Å². The molecule has 0 unspecified atom stereocenters. The number of methoxy groups -OCH3 is 1. The Hall–Kier alpha value is -1.13. The van der Waals surface area contributed by atoms with Gasteiger partial charge >= 0.3 is 0 Å². The molecule has 0 aromatic carbocycles. The van der Waals surface area contributed by atoms with Crippen LogP contribution in [0.3, 0.4) is 0 Å². The summed E-state index contributed by atoms with van der Waals surface area (Å²) in [7, 11) is 3.30. The molecule has 4 heteroatoms. The highest BCUT2D eigenvalue weighted by Gasteiger charge is 2.06. The number of aliphatic hydroxyl groups is 1. The van der Waals surface area contributed by atoms with Crippen molar-refractivity contribution < 1.29 is 9.84 Å². The van der Waals surface area contributed by atoms with Crippen molar-refractivity contribution in [2.24, 2.45) is 4.99 Å². The van der Waals surface area contributed by atoms with Crippen LogP contribution in [0.5, 0.6) is 0 Å². The van der Waals surface area contributed by atoms with Gasteiger partial charge in [0.25, 0.3) is 0 Å². The lowest BCUT2D eigenvalue weighted by Crippen LogP contribution is -2.29. The van der Waals surface area contributed by atoms with Gasteiger partial charge in [0.05, 0.1) is 12.8 Å². The van der Waals surface area contributed by atoms with Crippen molar-refractivity contribution in [3.8, 4) is 0 Å². The van der Waals surface area contributed by atoms with E-state index >= 15 is 0 Å². The molecule has 0 aliphatic rings. The molecule has 0 rings (SSSR count). The Balaban J connectivity index is 4.49. The molecule has 0 atom stereocenters. The molecule has 0 saturated carbocycles. The van der Waals surface area contributed by atoms with Crippen molar-refractivity contribution in [2.75, 3.05) is 40.4 Å². The first kappa shape index (κ1) is 14.9. The molecule has 0 aromatic rings. The van der Waals surface area contributed by atoms with E-state index < -0.39 is 0 Å². The van der Waals surface area contributed by atoms with Gasteiger partial charge in [-0.15, -0.1) is 0 Å². The summed E-state index contributed by atoms with van der Waals surface area (Å²) in [5.74, 6) is 0.174. The number of rotatable bonds is 8. The maximum atomic E-state index is 9.68. The highest BCUT2D eigenvalue weighted by atomic mass is 16.5. The third-order valence-corrected chi connectivity index (χ3v) is 2.28. The van der Waals surface area contributed by atoms with E-state index in [2.05, 4.69) is 23.4 Å². The molecule has 0 fully saturated rings. The predicted octanol–water partition coefficient (Wildman–Crippen LogP) is 1.65. The zero-order chi connectivity index (χ0) is 12.4. The molecule has 0 amide bonds. The molecule has 0 aliphatic heterocycles. The molecule has 0 aromatic heterocycles. The van der Waals surface area contributed by atoms with Crippen LogP contribution in [0.15, 0.2) is 29.0 Å². The molecule has 0 bridgehead atoms. The maximum absolute atomic E-state index is 9.68. The fraction of sp³-hybridized carbons (Fsp3) is 0.583. The molecule has 4 nitrogen and oxygen atoms in total. The Labute approximate surface area is 97.9 Å². The number of allylic oxidation sites excluding steroid dienone is 1. The second kappa shape index (κ2) is 9.12. The third kappa shape index (κ3) is 5.68. The first-order valence-corrected chi connectivity index (χ1v) is 5.37. The summed E-state index contributed by atoms with van der Waals surface area (Å²) >= 11 is 0. The van der Waals surface area contributed by atoms with E-state index in [0.29, 0.717) is 13.2 Å². The average Bonchev–Trinajstić information content (AvgIpc) is 2.30. The molecule has 0 saturated heterocycles. The summed E-state index contributed by atoms with van der Waals surface area (Å²) < 4.78 is 5.02. The Morgan fingerprint density at radius 1 is 1.56 bits per heavy atom. The number of hydrogen-bond donors (Lipinski definition) is 1. The van der Waals surface area contributed by atoms with Crippen LogP contribution >= 0.6 is 0 Å². The normalized spacial score (nSPS) is 13.2. The largest absolute Gasteiger partial charge is 0.506 e. The molecule has 0 radical (unpaired) electrons. The Bertz CT molecular complexity index is 260. The van der Waals surface area contributed by atoms with Gasteiger partial charge < -0.3 is 9.84 Å². The van der Waals surface area contributed by atoms with Gasteiger partial charge in [0.15, 0.2) is 0 Å². The van der Waals surface area contributed by atoms with E-state index in [0.717, 1.165) is 18.7 Å². The SMILES string of the molecule is C=C/C(CN(CC)CCOC)=C(/O)C=NC. The van der Waals surface area contributed by atoms with E-state index in [1.165, 1.54) is 6.21 Å². The first-order chi connectivity index (χ1) is 7.69. The molecular formula is C12H22N2O2. The van der Waals surface area contributed by atoms with Crippen molar-refractivity contribution >= 4 is 6.21 Å². The Kier molecular flexibility index (Phi) is 8.48. The highest BCUT2D eigenvalue weighted by molar-refractivity contribution is 5.77. The topological polar surface area (TPSA) is 45.1 Å². The fourth-order valence-electron chi connectivity index (χ4n) is 1.27. The monoisotopic (exact) mass is 226 g/mol. The molecule has 0 aliphatic carbocycles. The van der Waals surface area contributed by atoms with Crippen LogP contribution in [-0.4, -0.2) is 56.6 Å². The molecule has 1 N–H and O–H groups in total. The zero-order valence-electron chi connectivity index (χ0n) is 10.4. The lowest BCUT2D eigenvalue weighted by atomic mass is 10.2. The second-order valence-electron chi connectivity index (χ2n) is 3.36. The van der Waals surface area contributed by atoms with Crippen molar-refractivity contribution in [3.63, 3.8) is 0 Å². The summed E-state index contributed by atoms with van der Waals surface area (Å²) in [6.07, 6.45) is 3.09. The van der Waals surface area contributed by atoms with E-state index in [4.69, 9.17) is 4.74 Å². The number of aliphatic imine (C=N–C) groups is 1. The quantitative estimate of drug-likeness (QED) is 0.389. The summed E-state index contributed by atoms with van der Waals surface area (Å²) in [6, 6.07) is 0. The highest BCUT2D eigenvalue weighted by Crippen LogP contribution is 2.04. The van der Waals surface area contributed by atoms with Gasteiger partial charge in [0.2, 0.25) is 0 Å². The van der Waals surface area contributed by atoms with Gasteiger partial charge in [-0.25, -0.2) is 0 Å². The molecule has 0 spiro atoms. The van der Waals surface area contributed by atoms with Crippen LogP contribution in [0.4, 0.5) is 0 Å². The van der Waals surface area contributed by atoms with Crippen molar-refractivity contribution in [3.05, 3.63) is 24.0 Å². The van der Waals surface area contributed by atoms with E-state index in [1.807, 2.05) is 0 Å². The van der Waals surface area contributed by atoms with Crippen LogP contribution in [0.25, 0.3) is 0 Å². The van der Waals surface area contributed by atoms with Crippen LogP contribution in [0.1, 0.15) is 6.92 Å². The smallest absolute Gasteiger partial charge is 0.137 e. The summed E-state index contributed by atoms with van der Waals surface area (Å²) in [5, 5.41) is 9.68. The number of nitrogens with zero attached hydrogens (tertiary/aromatic N) is 2. The number of aliphatic hydroxyl groups excluding tert-OH is 1. The van der Waals surface area contributed by atoms with Gasteiger partial charge in [-0.2, -0.15) is 0 Å². The van der Waals surface area contributed by atoms with Crippen molar-refractivity contribution in [1.29, 1.82) is 0 Å². The second-order valence-corrected chi connectivity index (χ2v) is 3.36. The minimum atomic E-state index is 0.174. The fourth-order valence-corrected chi connectivity index (χ4v) is 1.27. The third-order valence-electron chi connectivity index (χ3n) is 2.28. The molecule has 16 heavy (non-hydrogen) atoms. The van der Waals surface area contributed by atoms with Crippen LogP contribution in [0, 0.1) is 0 Å². The van der Waals surface area contributed by atoms with E-state index in [9.17, 15) is 5.11 Å². The van der Waals surface area contributed by atoms with Gasteiger partial charge in [-0.05, 0) is 6.54 Å². The zero-order valence-corrected chi connectivity index (χ0v) is 10.4. The number of ether oxygens (including phenoxy) is 1. The molecule has 0 heterocycles. The van der Waals surface area contributed by atoms with E-state index in [-0.39, 0.29) is 5.76 Å². The standard InChI is InChI=1S/C12H22N2O2/c1-5-11(12(15)9-13-3)10-14(6-2)7-8-16-4/h5,9,15H,1,6-8,10H2,2-4H3/b12-11-,13-9?. The minimum absolute atomic E-state index is 0.174. The average molecular weight is 226 g/mol. The summed E-state index contributed by atoms with van der Waals surface area (Å²) in [4.78, 5) is 5.94. The number of likely N-dealkylation sites (N-methyl/N-ethyl adjacent to an activating group) is 1. The Morgan fingerprint density at radius 3 is 2.69 bits per heavy atom. The van der Waals surface area contributed by atoms with Gasteiger partial charge in [0, 0.05) is 32.8 Å². The van der Waals surface area contributed by atoms with Crippen LogP contribution < -0.4 is 0 Å². The minimum Gasteiger partial charge on any atom is -0.506 e. The van der Waals surface area contributed by atoms with Crippen LogP contribution in [-0.2, 0) is 4.74 Å². The lowest BCUT2D eigenvalue weighted by molar-refractivity contribution is 0.156. The predicted molar refractivity (Wildman–Crippen MR) is 68.3 cm³/mol. The first-order valence-electron chi connectivity index (χ1n) is 5.37. The maximum Gasteiger partial charge on any atom is 0.137 e. The lowest BCUT2D eigenvalue weighted by Gasteiger charge is -2.20. The Morgan fingerprint density at radius 2 is 2.25 bits per heavy atom. The van der Waals surface area contributed by atoms with Crippen molar-refractivity contribution in [1.82, 2.24) is 4.90 Å². The molecular weight excluding hydrogens is 204 g/mol. The van der Waals surface area contributed by atoms with Gasteiger partial charge in [0.1, 0.15) is 5.76 Å².